The van der Waals surface area contributed by atoms with Crippen LogP contribution in [0.25, 0.3) is 10.9 Å². The quantitative estimate of drug-likeness (QED) is 0.567. The lowest BCUT2D eigenvalue weighted by atomic mass is 10.2. The van der Waals surface area contributed by atoms with E-state index in [-0.39, 0.29) is 0 Å². The Bertz CT molecular complexity index is 803. The molecule has 0 unspecified atom stereocenters. The number of nitrogens with two attached hydrogens (primary N) is 1. The number of rotatable bonds is 3. The zero-order chi connectivity index (χ0) is 14.8. The second kappa shape index (κ2) is 5.34. The summed E-state index contributed by atoms with van der Waals surface area (Å²) in [6.45, 7) is 3.63. The minimum absolute atomic E-state index is 0.465. The minimum Gasteiger partial charge on any atom is -0.437 e. The summed E-state index contributed by atoms with van der Waals surface area (Å²) in [5.41, 5.74) is 4.21. The smallest absolute Gasteiger partial charge is 0.227 e. The van der Waals surface area contributed by atoms with Gasteiger partial charge in [0.2, 0.25) is 5.88 Å². The van der Waals surface area contributed by atoms with Gasteiger partial charge in [0.05, 0.1) is 17.3 Å². The Kier molecular flexibility index (Phi) is 3.37. The molecule has 0 amide bonds. The van der Waals surface area contributed by atoms with Crippen molar-refractivity contribution in [1.29, 1.82) is 0 Å². The molecule has 0 aliphatic rings. The highest BCUT2D eigenvalue weighted by Gasteiger charge is 2.11. The van der Waals surface area contributed by atoms with Crippen molar-refractivity contribution in [1.82, 2.24) is 15.0 Å². The third kappa shape index (κ3) is 2.61. The average molecular weight is 281 g/mol. The van der Waals surface area contributed by atoms with Crippen LogP contribution in [0.2, 0.25) is 0 Å². The first-order valence-corrected chi connectivity index (χ1v) is 6.52. The van der Waals surface area contributed by atoms with Gasteiger partial charge in [-0.05, 0) is 26.0 Å². The normalized spacial score (nSPS) is 10.6. The number of hydrogen-bond acceptors (Lipinski definition) is 6. The van der Waals surface area contributed by atoms with Crippen molar-refractivity contribution >= 4 is 16.7 Å². The van der Waals surface area contributed by atoms with E-state index in [2.05, 4.69) is 20.4 Å². The number of fused-ring (bicyclic) bond motifs is 1. The Morgan fingerprint density at radius 2 is 1.95 bits per heavy atom. The van der Waals surface area contributed by atoms with E-state index in [9.17, 15) is 0 Å². The Labute approximate surface area is 122 Å². The fraction of sp³-hybridized carbons (Fsp3) is 0.133. The molecule has 21 heavy (non-hydrogen) atoms. The van der Waals surface area contributed by atoms with Gasteiger partial charge in [-0.2, -0.15) is 4.98 Å². The van der Waals surface area contributed by atoms with E-state index in [0.717, 1.165) is 16.5 Å². The van der Waals surface area contributed by atoms with Gasteiger partial charge < -0.3 is 10.2 Å². The van der Waals surface area contributed by atoms with E-state index in [1.807, 2.05) is 37.3 Å². The highest BCUT2D eigenvalue weighted by atomic mass is 16.5. The number of benzene rings is 1. The van der Waals surface area contributed by atoms with Gasteiger partial charge in [-0.25, -0.2) is 10.8 Å². The number of ether oxygens (including phenoxy) is 1. The maximum Gasteiger partial charge on any atom is 0.227 e. The summed E-state index contributed by atoms with van der Waals surface area (Å²) in [5, 5.41) is 1.01. The molecule has 106 valence electrons. The summed E-state index contributed by atoms with van der Waals surface area (Å²) >= 11 is 0. The first-order valence-electron chi connectivity index (χ1n) is 6.52. The SMILES string of the molecule is Cc1nc(NN)c(C)c(Oc2cnc3ccccc3c2)n1. The second-order valence-electron chi connectivity index (χ2n) is 4.66. The zero-order valence-electron chi connectivity index (χ0n) is 11.8. The molecule has 0 saturated carbocycles. The number of aryl methyl sites for hydroxylation is 1. The fourth-order valence-corrected chi connectivity index (χ4v) is 2.06. The van der Waals surface area contributed by atoms with Gasteiger partial charge in [-0.1, -0.05) is 18.2 Å². The minimum atomic E-state index is 0.465. The van der Waals surface area contributed by atoms with Crippen LogP contribution in [0.5, 0.6) is 11.6 Å². The molecule has 0 aliphatic heterocycles. The average Bonchev–Trinajstić information content (AvgIpc) is 2.50. The van der Waals surface area contributed by atoms with Crippen LogP contribution in [-0.4, -0.2) is 15.0 Å². The standard InChI is InChI=1S/C15H15N5O/c1-9-14(20-16)18-10(2)19-15(9)21-12-7-11-5-3-4-6-13(11)17-8-12/h3-8H,16H2,1-2H3,(H,18,19,20). The molecular formula is C15H15N5O. The summed E-state index contributed by atoms with van der Waals surface area (Å²) in [5.74, 6) is 7.66. The molecule has 3 rings (SSSR count). The summed E-state index contributed by atoms with van der Waals surface area (Å²) in [4.78, 5) is 12.9. The van der Waals surface area contributed by atoms with Crippen LogP contribution in [0.15, 0.2) is 36.5 Å². The molecule has 0 bridgehead atoms. The lowest BCUT2D eigenvalue weighted by Crippen LogP contribution is -2.12. The molecule has 2 aromatic heterocycles. The van der Waals surface area contributed by atoms with E-state index in [4.69, 9.17) is 10.6 Å². The van der Waals surface area contributed by atoms with E-state index in [1.54, 1.807) is 13.1 Å². The van der Waals surface area contributed by atoms with Gasteiger partial charge in [0.25, 0.3) is 0 Å². The Morgan fingerprint density at radius 1 is 1.14 bits per heavy atom. The summed E-state index contributed by atoms with van der Waals surface area (Å²) < 4.78 is 5.83. The third-order valence-electron chi connectivity index (χ3n) is 3.13. The van der Waals surface area contributed by atoms with Crippen molar-refractivity contribution in [3.8, 4) is 11.6 Å². The number of pyridine rings is 1. The summed E-state index contributed by atoms with van der Waals surface area (Å²) in [6.07, 6.45) is 1.68. The van der Waals surface area contributed by atoms with Crippen LogP contribution >= 0.6 is 0 Å². The largest absolute Gasteiger partial charge is 0.437 e. The van der Waals surface area contributed by atoms with E-state index >= 15 is 0 Å². The van der Waals surface area contributed by atoms with Crippen molar-refractivity contribution in [3.05, 3.63) is 47.9 Å². The lowest BCUT2D eigenvalue weighted by Gasteiger charge is -2.11. The van der Waals surface area contributed by atoms with Crippen LogP contribution in [0.4, 0.5) is 5.82 Å². The van der Waals surface area contributed by atoms with E-state index in [0.29, 0.717) is 23.3 Å². The third-order valence-corrected chi connectivity index (χ3v) is 3.13. The van der Waals surface area contributed by atoms with E-state index in [1.165, 1.54) is 0 Å². The van der Waals surface area contributed by atoms with Crippen LogP contribution in [0.1, 0.15) is 11.4 Å². The topological polar surface area (TPSA) is 86.0 Å². The lowest BCUT2D eigenvalue weighted by molar-refractivity contribution is 0.455. The number of aromatic nitrogens is 3. The predicted octanol–water partition coefficient (Wildman–Crippen LogP) is 2.72. The molecule has 0 atom stereocenters. The molecule has 3 N–H and O–H groups in total. The molecule has 6 heteroatoms. The molecule has 0 aliphatic carbocycles. The Balaban J connectivity index is 2.00. The van der Waals surface area contributed by atoms with Gasteiger partial charge >= 0.3 is 0 Å². The molecule has 0 fully saturated rings. The molecule has 0 spiro atoms. The van der Waals surface area contributed by atoms with Gasteiger partial charge in [0.1, 0.15) is 17.4 Å². The fourth-order valence-electron chi connectivity index (χ4n) is 2.06. The van der Waals surface area contributed by atoms with Crippen LogP contribution < -0.4 is 16.0 Å². The molecule has 0 radical (unpaired) electrons. The maximum atomic E-state index is 5.83. The first kappa shape index (κ1) is 13.3. The maximum absolute atomic E-state index is 5.83. The van der Waals surface area contributed by atoms with Crippen molar-refractivity contribution in [2.45, 2.75) is 13.8 Å². The zero-order valence-corrected chi connectivity index (χ0v) is 11.8. The van der Waals surface area contributed by atoms with Crippen LogP contribution in [-0.2, 0) is 0 Å². The van der Waals surface area contributed by atoms with Gasteiger partial charge in [-0.3, -0.25) is 4.98 Å². The highest BCUT2D eigenvalue weighted by molar-refractivity contribution is 5.79. The highest BCUT2D eigenvalue weighted by Crippen LogP contribution is 2.27. The number of hydrazine groups is 1. The van der Waals surface area contributed by atoms with E-state index < -0.39 is 0 Å². The molecule has 2 heterocycles. The van der Waals surface area contributed by atoms with Gasteiger partial charge in [0, 0.05) is 5.39 Å². The van der Waals surface area contributed by atoms with Crippen molar-refractivity contribution in [3.63, 3.8) is 0 Å². The van der Waals surface area contributed by atoms with Crippen LogP contribution in [0, 0.1) is 13.8 Å². The Morgan fingerprint density at radius 3 is 2.76 bits per heavy atom. The number of hydrogen-bond donors (Lipinski definition) is 2. The molecule has 6 nitrogen and oxygen atoms in total. The predicted molar refractivity (Wildman–Crippen MR) is 81.1 cm³/mol. The number of nitrogens with one attached hydrogen (secondary N) is 1. The van der Waals surface area contributed by atoms with Crippen molar-refractivity contribution < 1.29 is 4.74 Å². The number of nitrogen functional groups attached to an aromatic ring is 1. The molecular weight excluding hydrogens is 266 g/mol. The monoisotopic (exact) mass is 281 g/mol. The van der Waals surface area contributed by atoms with Crippen molar-refractivity contribution in [2.75, 3.05) is 5.43 Å². The number of para-hydroxylation sites is 1. The summed E-state index contributed by atoms with van der Waals surface area (Å²) in [6, 6.07) is 9.78. The van der Waals surface area contributed by atoms with Crippen LogP contribution in [0.3, 0.4) is 0 Å². The molecule has 3 aromatic rings. The van der Waals surface area contributed by atoms with Gasteiger partial charge in [0.15, 0.2) is 0 Å². The number of anilines is 1. The van der Waals surface area contributed by atoms with Crippen molar-refractivity contribution in [2.24, 2.45) is 5.84 Å². The summed E-state index contributed by atoms with van der Waals surface area (Å²) in [7, 11) is 0. The first-order chi connectivity index (χ1) is 10.2. The second-order valence-corrected chi connectivity index (χ2v) is 4.66. The molecule has 1 aromatic carbocycles. The Hall–Kier alpha value is -2.73. The molecule has 0 saturated heterocycles. The number of nitrogens with zero attached hydrogens (tertiary/aromatic N) is 3. The van der Waals surface area contributed by atoms with Gasteiger partial charge in [-0.15, -0.1) is 0 Å².